The topological polar surface area (TPSA) is 12.9 Å². The van der Waals surface area contributed by atoms with Gasteiger partial charge in [0.1, 0.15) is 0 Å². The van der Waals surface area contributed by atoms with Crippen molar-refractivity contribution in [3.05, 3.63) is 89.5 Å². The Morgan fingerprint density at radius 1 is 0.769 bits per heavy atom. The van der Waals surface area contributed by atoms with Crippen LogP contribution in [0, 0.1) is 13.8 Å². The molecule has 0 unspecified atom stereocenters. The summed E-state index contributed by atoms with van der Waals surface area (Å²) in [6.45, 7) is 6.56. The molecule has 0 fully saturated rings. The van der Waals surface area contributed by atoms with Crippen molar-refractivity contribution in [2.24, 2.45) is 0 Å². The van der Waals surface area contributed by atoms with Crippen LogP contribution in [0.5, 0.6) is 0 Å². The Balaban J connectivity index is 2.18. The van der Waals surface area contributed by atoms with Crippen LogP contribution in [0.1, 0.15) is 23.6 Å². The molecule has 128 valence electrons. The number of aromatic nitrogens is 1. The van der Waals surface area contributed by atoms with Gasteiger partial charge < -0.3 is 0 Å². The molecular weight excluding hydrogens is 314 g/mol. The zero-order valence-electron chi connectivity index (χ0n) is 15.6. The van der Waals surface area contributed by atoms with Crippen molar-refractivity contribution in [3.63, 3.8) is 0 Å². The lowest BCUT2D eigenvalue weighted by Gasteiger charge is -2.18. The molecule has 1 heterocycles. The smallest absolute Gasteiger partial charge is 0.0747 e. The molecule has 0 saturated carbocycles. The highest BCUT2D eigenvalue weighted by Gasteiger charge is 2.17. The fraction of sp³-hybridized carbons (Fsp3) is 0.160. The van der Waals surface area contributed by atoms with Crippen molar-refractivity contribution in [1.29, 1.82) is 0 Å². The first kappa shape index (κ1) is 16.5. The average Bonchev–Trinajstić information content (AvgIpc) is 2.68. The van der Waals surface area contributed by atoms with Gasteiger partial charge in [-0.3, -0.25) is 0 Å². The number of hydrogen-bond acceptors (Lipinski definition) is 1. The summed E-state index contributed by atoms with van der Waals surface area (Å²) in [7, 11) is 0. The molecule has 4 aromatic rings. The molecule has 0 aliphatic carbocycles. The zero-order chi connectivity index (χ0) is 18.1. The molecule has 1 aromatic heterocycles. The summed E-state index contributed by atoms with van der Waals surface area (Å²) >= 11 is 0. The highest BCUT2D eigenvalue weighted by Crippen LogP contribution is 2.38. The van der Waals surface area contributed by atoms with Crippen LogP contribution in [0.4, 0.5) is 0 Å². The highest BCUT2D eigenvalue weighted by molar-refractivity contribution is 6.00. The molecule has 0 amide bonds. The number of aryl methyl sites for hydroxylation is 2. The molecule has 0 saturated heterocycles. The Morgan fingerprint density at radius 2 is 1.38 bits per heavy atom. The van der Waals surface area contributed by atoms with Crippen molar-refractivity contribution < 1.29 is 0 Å². The molecule has 1 heteroatoms. The summed E-state index contributed by atoms with van der Waals surface area (Å²) in [6.07, 6.45) is 0.949. The third-order valence-corrected chi connectivity index (χ3v) is 4.99. The second-order valence-electron chi connectivity index (χ2n) is 6.88. The van der Waals surface area contributed by atoms with Crippen LogP contribution >= 0.6 is 0 Å². The Labute approximate surface area is 155 Å². The Bertz CT molecular complexity index is 1060. The van der Waals surface area contributed by atoms with Crippen molar-refractivity contribution >= 4 is 10.9 Å². The summed E-state index contributed by atoms with van der Waals surface area (Å²) in [6, 6.07) is 25.8. The fourth-order valence-corrected chi connectivity index (χ4v) is 3.87. The molecule has 3 aromatic carbocycles. The van der Waals surface area contributed by atoms with Crippen LogP contribution in [0.15, 0.2) is 72.8 Å². The van der Waals surface area contributed by atoms with Gasteiger partial charge in [-0.25, -0.2) is 4.98 Å². The van der Waals surface area contributed by atoms with Crippen LogP contribution in [-0.4, -0.2) is 4.98 Å². The lowest BCUT2D eigenvalue weighted by molar-refractivity contribution is 1.12. The zero-order valence-corrected chi connectivity index (χ0v) is 15.6. The van der Waals surface area contributed by atoms with Gasteiger partial charge in [-0.05, 0) is 48.6 Å². The van der Waals surface area contributed by atoms with Crippen molar-refractivity contribution in [3.8, 4) is 22.4 Å². The normalized spacial score (nSPS) is 11.0. The highest BCUT2D eigenvalue weighted by atomic mass is 14.7. The number of rotatable bonds is 3. The maximum atomic E-state index is 5.14. The van der Waals surface area contributed by atoms with Crippen LogP contribution in [0.3, 0.4) is 0 Å². The van der Waals surface area contributed by atoms with Crippen LogP contribution in [0.25, 0.3) is 33.3 Å². The van der Waals surface area contributed by atoms with E-state index in [9.17, 15) is 0 Å². The van der Waals surface area contributed by atoms with Crippen molar-refractivity contribution in [2.75, 3.05) is 0 Å². The number of hydrogen-bond donors (Lipinski definition) is 0. The summed E-state index contributed by atoms with van der Waals surface area (Å²) in [4.78, 5) is 5.14. The van der Waals surface area contributed by atoms with Gasteiger partial charge in [0.2, 0.25) is 0 Å². The van der Waals surface area contributed by atoms with Gasteiger partial charge in [-0.1, -0.05) is 79.2 Å². The van der Waals surface area contributed by atoms with Crippen molar-refractivity contribution in [2.45, 2.75) is 27.2 Å². The van der Waals surface area contributed by atoms with E-state index in [1.165, 1.54) is 38.8 Å². The summed E-state index contributed by atoms with van der Waals surface area (Å²) in [5.41, 5.74) is 9.81. The monoisotopic (exact) mass is 337 g/mol. The van der Waals surface area contributed by atoms with Gasteiger partial charge in [0.05, 0.1) is 11.2 Å². The number of nitrogens with zero attached hydrogens (tertiary/aromatic N) is 1. The van der Waals surface area contributed by atoms with Crippen LogP contribution in [0.2, 0.25) is 0 Å². The number of fused-ring (bicyclic) bond motifs is 1. The quantitative estimate of drug-likeness (QED) is 0.403. The molecule has 4 rings (SSSR count). The molecule has 0 N–H and O–H groups in total. The van der Waals surface area contributed by atoms with Crippen LogP contribution in [-0.2, 0) is 6.42 Å². The Morgan fingerprint density at radius 3 is 2.00 bits per heavy atom. The minimum absolute atomic E-state index is 0.949. The lowest BCUT2D eigenvalue weighted by Crippen LogP contribution is -2.00. The SMILES string of the molecule is CCc1c(-c2ccccc2)nc2c(C)cc(C)cc2c1-c1ccccc1. The van der Waals surface area contributed by atoms with E-state index >= 15 is 0 Å². The van der Waals surface area contributed by atoms with Crippen LogP contribution < -0.4 is 0 Å². The van der Waals surface area contributed by atoms with E-state index in [0.717, 1.165) is 17.6 Å². The van der Waals surface area contributed by atoms with E-state index in [0.29, 0.717) is 0 Å². The van der Waals surface area contributed by atoms with Gasteiger partial charge in [-0.2, -0.15) is 0 Å². The summed E-state index contributed by atoms with van der Waals surface area (Å²) < 4.78 is 0. The second-order valence-corrected chi connectivity index (χ2v) is 6.88. The van der Waals surface area contributed by atoms with Gasteiger partial charge in [0, 0.05) is 10.9 Å². The molecule has 1 nitrogen and oxygen atoms in total. The molecule has 0 bridgehead atoms. The first-order valence-corrected chi connectivity index (χ1v) is 9.23. The molecule has 0 atom stereocenters. The van der Waals surface area contributed by atoms with E-state index in [1.54, 1.807) is 0 Å². The molecular formula is C25H23N. The maximum absolute atomic E-state index is 5.14. The average molecular weight is 337 g/mol. The third-order valence-electron chi connectivity index (χ3n) is 4.99. The van der Waals surface area contributed by atoms with Crippen molar-refractivity contribution in [1.82, 2.24) is 4.98 Å². The Hall–Kier alpha value is -2.93. The van der Waals surface area contributed by atoms with E-state index in [4.69, 9.17) is 4.98 Å². The standard InChI is InChI=1S/C25H23N/c1-4-21-23(19-11-7-5-8-12-19)22-16-17(2)15-18(3)24(22)26-25(21)20-13-9-6-10-14-20/h5-16H,4H2,1-3H3. The minimum atomic E-state index is 0.949. The maximum Gasteiger partial charge on any atom is 0.0747 e. The fourth-order valence-electron chi connectivity index (χ4n) is 3.87. The first-order chi connectivity index (χ1) is 12.7. The van der Waals surface area contributed by atoms with Gasteiger partial charge in [0.25, 0.3) is 0 Å². The number of benzene rings is 3. The van der Waals surface area contributed by atoms with E-state index < -0.39 is 0 Å². The first-order valence-electron chi connectivity index (χ1n) is 9.23. The molecule has 0 aliphatic heterocycles. The lowest BCUT2D eigenvalue weighted by atomic mass is 9.89. The summed E-state index contributed by atoms with van der Waals surface area (Å²) in [5.74, 6) is 0. The largest absolute Gasteiger partial charge is 0.247 e. The molecule has 0 aliphatic rings. The van der Waals surface area contributed by atoms with E-state index in [-0.39, 0.29) is 0 Å². The predicted molar refractivity (Wildman–Crippen MR) is 111 cm³/mol. The predicted octanol–water partition coefficient (Wildman–Crippen LogP) is 6.75. The van der Waals surface area contributed by atoms with Gasteiger partial charge >= 0.3 is 0 Å². The minimum Gasteiger partial charge on any atom is -0.247 e. The summed E-state index contributed by atoms with van der Waals surface area (Å²) in [5, 5.41) is 1.25. The van der Waals surface area contributed by atoms with E-state index in [1.807, 2.05) is 0 Å². The van der Waals surface area contributed by atoms with E-state index in [2.05, 4.69) is 93.6 Å². The molecule has 0 spiro atoms. The Kier molecular flexibility index (Phi) is 4.30. The molecule has 0 radical (unpaired) electrons. The van der Waals surface area contributed by atoms with Gasteiger partial charge in [0.15, 0.2) is 0 Å². The third kappa shape index (κ3) is 2.80. The molecule has 26 heavy (non-hydrogen) atoms. The number of pyridine rings is 1. The second kappa shape index (κ2) is 6.76. The van der Waals surface area contributed by atoms with Gasteiger partial charge in [-0.15, -0.1) is 0 Å².